The van der Waals surface area contributed by atoms with Gasteiger partial charge in [0.15, 0.2) is 0 Å². The Kier molecular flexibility index (Phi) is 4.57. The molecule has 0 N–H and O–H groups in total. The first-order valence-corrected chi connectivity index (χ1v) is 5.91. The van der Waals surface area contributed by atoms with Gasteiger partial charge in [-0.3, -0.25) is 0 Å². The molecule has 0 aliphatic carbocycles. The van der Waals surface area contributed by atoms with E-state index in [1.54, 1.807) is 11.3 Å². The molecular formula is C8H11BrClNS. The Labute approximate surface area is 90.5 Å². The topological polar surface area (TPSA) is 3.24 Å². The molecule has 4 heteroatoms. The van der Waals surface area contributed by atoms with Crippen LogP contribution in [0.5, 0.6) is 0 Å². The van der Waals surface area contributed by atoms with E-state index in [1.807, 2.05) is 0 Å². The van der Waals surface area contributed by atoms with Gasteiger partial charge in [0.1, 0.15) is 0 Å². The molecule has 1 heterocycles. The highest BCUT2D eigenvalue weighted by atomic mass is 79.9. The molecule has 1 aromatic rings. The number of rotatable bonds is 4. The van der Waals surface area contributed by atoms with E-state index < -0.39 is 0 Å². The fourth-order valence-electron chi connectivity index (χ4n) is 0.906. The van der Waals surface area contributed by atoms with Crippen molar-refractivity contribution in [1.82, 2.24) is 4.90 Å². The summed E-state index contributed by atoms with van der Waals surface area (Å²) >= 11 is 10.9. The van der Waals surface area contributed by atoms with Gasteiger partial charge in [0, 0.05) is 28.3 Å². The smallest absolute Gasteiger partial charge is 0.0351 e. The Balaban J connectivity index is 2.46. The Bertz CT molecular complexity index is 239. The summed E-state index contributed by atoms with van der Waals surface area (Å²) in [6.07, 6.45) is 0. The van der Waals surface area contributed by atoms with E-state index in [1.165, 1.54) is 9.35 Å². The molecule has 0 saturated heterocycles. The van der Waals surface area contributed by atoms with Crippen LogP contribution in [-0.4, -0.2) is 24.4 Å². The zero-order valence-electron chi connectivity index (χ0n) is 6.89. The number of hydrogen-bond donors (Lipinski definition) is 0. The van der Waals surface area contributed by atoms with Crippen LogP contribution in [0.15, 0.2) is 15.9 Å². The van der Waals surface area contributed by atoms with Crippen LogP contribution in [0, 0.1) is 0 Å². The molecule has 0 saturated carbocycles. The van der Waals surface area contributed by atoms with E-state index in [2.05, 4.69) is 39.3 Å². The van der Waals surface area contributed by atoms with Crippen LogP contribution in [0.25, 0.3) is 0 Å². The molecule has 0 aliphatic rings. The van der Waals surface area contributed by atoms with Crippen LogP contribution in [0.3, 0.4) is 0 Å². The van der Waals surface area contributed by atoms with Gasteiger partial charge in [-0.1, -0.05) is 0 Å². The normalized spacial score (nSPS) is 11.0. The Hall–Kier alpha value is 0.430. The van der Waals surface area contributed by atoms with Gasteiger partial charge in [0.2, 0.25) is 0 Å². The predicted molar refractivity (Wildman–Crippen MR) is 59.1 cm³/mol. The largest absolute Gasteiger partial charge is 0.300 e. The Morgan fingerprint density at radius 3 is 2.92 bits per heavy atom. The fraction of sp³-hybridized carbons (Fsp3) is 0.500. The van der Waals surface area contributed by atoms with E-state index in [0.29, 0.717) is 5.88 Å². The predicted octanol–water partition coefficient (Wildman–Crippen LogP) is 3.18. The third kappa shape index (κ3) is 3.05. The van der Waals surface area contributed by atoms with E-state index in [-0.39, 0.29) is 0 Å². The lowest BCUT2D eigenvalue weighted by Gasteiger charge is -2.13. The molecule has 0 fully saturated rings. The van der Waals surface area contributed by atoms with Crippen molar-refractivity contribution < 1.29 is 0 Å². The van der Waals surface area contributed by atoms with Crippen LogP contribution >= 0.6 is 38.9 Å². The van der Waals surface area contributed by atoms with Gasteiger partial charge in [-0.2, -0.15) is 0 Å². The van der Waals surface area contributed by atoms with Crippen molar-refractivity contribution in [2.24, 2.45) is 0 Å². The summed E-state index contributed by atoms with van der Waals surface area (Å²) in [6.45, 7) is 1.91. The van der Waals surface area contributed by atoms with Gasteiger partial charge in [0.25, 0.3) is 0 Å². The first-order chi connectivity index (χ1) is 5.74. The molecule has 12 heavy (non-hydrogen) atoms. The van der Waals surface area contributed by atoms with Gasteiger partial charge < -0.3 is 4.90 Å². The highest BCUT2D eigenvalue weighted by Crippen LogP contribution is 2.23. The maximum absolute atomic E-state index is 5.63. The summed E-state index contributed by atoms with van der Waals surface area (Å²) in [4.78, 5) is 3.58. The van der Waals surface area contributed by atoms with Crippen molar-refractivity contribution >= 4 is 38.9 Å². The number of nitrogens with zero attached hydrogens (tertiary/aromatic N) is 1. The molecule has 0 spiro atoms. The second-order valence-corrected chi connectivity index (χ2v) is 4.85. The first kappa shape index (κ1) is 10.5. The standard InChI is InChI=1S/C8H11BrClNS/c1-11(4-3-10)6-8-7(9)2-5-12-8/h2,5H,3-4,6H2,1H3. The average Bonchev–Trinajstić information content (AvgIpc) is 2.37. The van der Waals surface area contributed by atoms with Crippen LogP contribution in [-0.2, 0) is 6.54 Å². The molecule has 0 aromatic carbocycles. The van der Waals surface area contributed by atoms with E-state index in [0.717, 1.165) is 13.1 Å². The summed E-state index contributed by atoms with van der Waals surface area (Å²) in [5.74, 6) is 0.694. The van der Waals surface area contributed by atoms with Crippen LogP contribution in [0.1, 0.15) is 4.88 Å². The van der Waals surface area contributed by atoms with Gasteiger partial charge >= 0.3 is 0 Å². The van der Waals surface area contributed by atoms with Crippen LogP contribution in [0.4, 0.5) is 0 Å². The Morgan fingerprint density at radius 2 is 2.42 bits per heavy atom. The lowest BCUT2D eigenvalue weighted by Crippen LogP contribution is -2.19. The number of hydrogen-bond acceptors (Lipinski definition) is 2. The van der Waals surface area contributed by atoms with Gasteiger partial charge in [0.05, 0.1) is 0 Å². The van der Waals surface area contributed by atoms with Crippen molar-refractivity contribution in [1.29, 1.82) is 0 Å². The van der Waals surface area contributed by atoms with Crippen molar-refractivity contribution in [2.45, 2.75) is 6.54 Å². The molecule has 0 aliphatic heterocycles. The molecular weight excluding hydrogens is 258 g/mol. The molecule has 68 valence electrons. The van der Waals surface area contributed by atoms with Crippen molar-refractivity contribution in [2.75, 3.05) is 19.5 Å². The third-order valence-electron chi connectivity index (χ3n) is 1.57. The first-order valence-electron chi connectivity index (χ1n) is 3.70. The second kappa shape index (κ2) is 5.22. The summed E-state index contributed by atoms with van der Waals surface area (Å²) in [6, 6.07) is 2.08. The molecule has 0 unspecified atom stereocenters. The molecule has 0 radical (unpaired) electrons. The fourth-order valence-corrected chi connectivity index (χ4v) is 2.75. The highest BCUT2D eigenvalue weighted by molar-refractivity contribution is 9.10. The van der Waals surface area contributed by atoms with E-state index in [4.69, 9.17) is 11.6 Å². The number of alkyl halides is 1. The SMILES string of the molecule is CN(CCCl)Cc1sccc1Br. The molecule has 1 nitrogen and oxygen atoms in total. The maximum atomic E-state index is 5.63. The minimum absolute atomic E-state index is 0.694. The quantitative estimate of drug-likeness (QED) is 0.758. The second-order valence-electron chi connectivity index (χ2n) is 2.62. The summed E-state index contributed by atoms with van der Waals surface area (Å²) in [5, 5.41) is 2.09. The van der Waals surface area contributed by atoms with Crippen molar-refractivity contribution in [3.63, 3.8) is 0 Å². The van der Waals surface area contributed by atoms with Crippen LogP contribution < -0.4 is 0 Å². The van der Waals surface area contributed by atoms with E-state index >= 15 is 0 Å². The lowest BCUT2D eigenvalue weighted by molar-refractivity contribution is 0.350. The third-order valence-corrected chi connectivity index (χ3v) is 3.65. The molecule has 0 atom stereocenters. The van der Waals surface area contributed by atoms with Gasteiger partial charge in [-0.05, 0) is 34.4 Å². The number of thiophene rings is 1. The monoisotopic (exact) mass is 267 g/mol. The Morgan fingerprint density at radius 1 is 1.67 bits per heavy atom. The summed E-state index contributed by atoms with van der Waals surface area (Å²) < 4.78 is 1.20. The molecule has 0 bridgehead atoms. The minimum Gasteiger partial charge on any atom is -0.300 e. The molecule has 1 rings (SSSR count). The summed E-state index contributed by atoms with van der Waals surface area (Å²) in [7, 11) is 2.08. The lowest BCUT2D eigenvalue weighted by atomic mass is 10.4. The maximum Gasteiger partial charge on any atom is 0.0351 e. The zero-order chi connectivity index (χ0) is 8.97. The minimum atomic E-state index is 0.694. The number of halogens is 2. The van der Waals surface area contributed by atoms with Gasteiger partial charge in [-0.25, -0.2) is 0 Å². The average molecular weight is 269 g/mol. The van der Waals surface area contributed by atoms with Gasteiger partial charge in [-0.15, -0.1) is 22.9 Å². The molecule has 1 aromatic heterocycles. The van der Waals surface area contributed by atoms with E-state index in [9.17, 15) is 0 Å². The highest BCUT2D eigenvalue weighted by Gasteiger charge is 2.04. The van der Waals surface area contributed by atoms with Crippen molar-refractivity contribution in [3.8, 4) is 0 Å². The van der Waals surface area contributed by atoms with Crippen LogP contribution in [0.2, 0.25) is 0 Å². The van der Waals surface area contributed by atoms with Crippen molar-refractivity contribution in [3.05, 3.63) is 20.8 Å². The summed E-state index contributed by atoms with van der Waals surface area (Å²) in [5.41, 5.74) is 0. The molecule has 0 amide bonds. The zero-order valence-corrected chi connectivity index (χ0v) is 10.0.